The van der Waals surface area contributed by atoms with Crippen molar-refractivity contribution in [3.8, 4) is 5.75 Å². The van der Waals surface area contributed by atoms with Gasteiger partial charge in [0.25, 0.3) is 0 Å². The molecule has 3 rings (SSSR count). The second-order valence-corrected chi connectivity index (χ2v) is 5.27. The van der Waals surface area contributed by atoms with Crippen molar-refractivity contribution in [3.05, 3.63) is 47.5 Å². The maximum atomic E-state index is 12.1. The van der Waals surface area contributed by atoms with Crippen LogP contribution >= 0.6 is 0 Å². The van der Waals surface area contributed by atoms with E-state index in [2.05, 4.69) is 20.0 Å². The van der Waals surface area contributed by atoms with Gasteiger partial charge in [0.1, 0.15) is 5.75 Å². The molecular formula is C16H12F3N3O3. The average molecular weight is 351 g/mol. The van der Waals surface area contributed by atoms with Crippen molar-refractivity contribution in [3.63, 3.8) is 0 Å². The molecule has 0 saturated heterocycles. The molecule has 9 heteroatoms. The number of ether oxygens (including phenoxy) is 1. The standard InChI is InChI=1S/C16H12F3N3O3/c1-8-6-12-13(7-11(8)14(23)24)22-15(21-12)20-9-2-4-10(5-3-9)25-16(17,18)19/h2-7H,1H3,(H,23,24)(H2,20,21,22). The maximum absolute atomic E-state index is 12.1. The van der Waals surface area contributed by atoms with Gasteiger partial charge in [0.05, 0.1) is 16.6 Å². The molecule has 0 aliphatic carbocycles. The summed E-state index contributed by atoms with van der Waals surface area (Å²) in [4.78, 5) is 18.4. The Morgan fingerprint density at radius 3 is 2.52 bits per heavy atom. The van der Waals surface area contributed by atoms with Gasteiger partial charge in [-0.3, -0.25) is 0 Å². The van der Waals surface area contributed by atoms with Gasteiger partial charge in [-0.05, 0) is 48.9 Å². The lowest BCUT2D eigenvalue weighted by Crippen LogP contribution is -2.16. The number of hydrogen-bond donors (Lipinski definition) is 3. The molecule has 130 valence electrons. The van der Waals surface area contributed by atoms with Crippen molar-refractivity contribution >= 4 is 28.6 Å². The fraction of sp³-hybridized carbons (Fsp3) is 0.125. The van der Waals surface area contributed by atoms with E-state index >= 15 is 0 Å². The molecule has 3 aromatic rings. The van der Waals surface area contributed by atoms with Crippen molar-refractivity contribution in [1.29, 1.82) is 0 Å². The van der Waals surface area contributed by atoms with Crippen LogP contribution in [0.1, 0.15) is 15.9 Å². The SMILES string of the molecule is Cc1cc2[nH]c(Nc3ccc(OC(F)(F)F)cc3)nc2cc1C(=O)O. The Bertz CT molecular complexity index is 933. The number of nitrogens with zero attached hydrogens (tertiary/aromatic N) is 1. The summed E-state index contributed by atoms with van der Waals surface area (Å²) in [5.41, 5.74) is 2.33. The van der Waals surface area contributed by atoms with Crippen LogP contribution in [0.5, 0.6) is 5.75 Å². The normalized spacial score (nSPS) is 11.5. The minimum absolute atomic E-state index is 0.152. The smallest absolute Gasteiger partial charge is 0.478 e. The highest BCUT2D eigenvalue weighted by Gasteiger charge is 2.30. The molecule has 6 nitrogen and oxygen atoms in total. The van der Waals surface area contributed by atoms with E-state index in [0.717, 1.165) is 0 Å². The van der Waals surface area contributed by atoms with Gasteiger partial charge < -0.3 is 20.1 Å². The van der Waals surface area contributed by atoms with Crippen LogP contribution in [-0.4, -0.2) is 27.4 Å². The van der Waals surface area contributed by atoms with Crippen LogP contribution in [0.4, 0.5) is 24.8 Å². The van der Waals surface area contributed by atoms with E-state index in [1.807, 2.05) is 0 Å². The molecule has 25 heavy (non-hydrogen) atoms. The van der Waals surface area contributed by atoms with E-state index < -0.39 is 12.3 Å². The van der Waals surface area contributed by atoms with Crippen molar-refractivity contribution in [2.75, 3.05) is 5.32 Å². The molecular weight excluding hydrogens is 339 g/mol. The Kier molecular flexibility index (Phi) is 3.99. The molecule has 3 N–H and O–H groups in total. The van der Waals surface area contributed by atoms with E-state index in [-0.39, 0.29) is 11.3 Å². The summed E-state index contributed by atoms with van der Waals surface area (Å²) in [5, 5.41) is 12.0. The number of aryl methyl sites for hydroxylation is 1. The van der Waals surface area contributed by atoms with Crippen molar-refractivity contribution in [2.24, 2.45) is 0 Å². The number of H-pyrrole nitrogens is 1. The number of imidazole rings is 1. The van der Waals surface area contributed by atoms with Gasteiger partial charge in [0.2, 0.25) is 5.95 Å². The van der Waals surface area contributed by atoms with Crippen LogP contribution in [0.15, 0.2) is 36.4 Å². The minimum Gasteiger partial charge on any atom is -0.478 e. The molecule has 0 spiro atoms. The number of carbonyl (C=O) groups is 1. The number of carboxylic acids is 1. The number of fused-ring (bicyclic) bond motifs is 1. The number of benzene rings is 2. The lowest BCUT2D eigenvalue weighted by molar-refractivity contribution is -0.274. The number of rotatable bonds is 4. The third-order valence-corrected chi connectivity index (χ3v) is 3.41. The lowest BCUT2D eigenvalue weighted by atomic mass is 10.1. The quantitative estimate of drug-likeness (QED) is 0.655. The molecule has 0 fully saturated rings. The summed E-state index contributed by atoms with van der Waals surface area (Å²) >= 11 is 0. The number of anilines is 2. The Morgan fingerprint density at radius 1 is 1.24 bits per heavy atom. The van der Waals surface area contributed by atoms with Crippen LogP contribution in [0.25, 0.3) is 11.0 Å². The number of aromatic carboxylic acids is 1. The number of carboxylic acid groups (broad SMARTS) is 1. The summed E-state index contributed by atoms with van der Waals surface area (Å²) < 4.78 is 40.2. The minimum atomic E-state index is -4.74. The number of halogens is 3. The molecule has 0 unspecified atom stereocenters. The van der Waals surface area contributed by atoms with Crippen LogP contribution < -0.4 is 10.1 Å². The largest absolute Gasteiger partial charge is 0.573 e. The van der Waals surface area contributed by atoms with Crippen molar-refractivity contribution in [2.45, 2.75) is 13.3 Å². The first kappa shape index (κ1) is 16.6. The molecule has 0 amide bonds. The molecule has 2 aromatic carbocycles. The third-order valence-electron chi connectivity index (χ3n) is 3.41. The van der Waals surface area contributed by atoms with E-state index in [9.17, 15) is 18.0 Å². The number of aromatic amines is 1. The van der Waals surface area contributed by atoms with Gasteiger partial charge in [-0.1, -0.05) is 0 Å². The van der Waals surface area contributed by atoms with Crippen LogP contribution in [-0.2, 0) is 0 Å². The predicted octanol–water partition coefficient (Wildman–Crippen LogP) is 4.21. The number of hydrogen-bond acceptors (Lipinski definition) is 4. The fourth-order valence-electron chi connectivity index (χ4n) is 2.33. The predicted molar refractivity (Wildman–Crippen MR) is 84.2 cm³/mol. The van der Waals surface area contributed by atoms with Crippen molar-refractivity contribution in [1.82, 2.24) is 9.97 Å². The van der Waals surface area contributed by atoms with E-state index in [1.165, 1.54) is 30.3 Å². The van der Waals surface area contributed by atoms with E-state index in [4.69, 9.17) is 5.11 Å². The Labute approximate surface area is 139 Å². The lowest BCUT2D eigenvalue weighted by Gasteiger charge is -2.09. The van der Waals surface area contributed by atoms with Crippen LogP contribution in [0, 0.1) is 6.92 Å². The molecule has 1 aromatic heterocycles. The molecule has 0 aliphatic heterocycles. The van der Waals surface area contributed by atoms with Gasteiger partial charge in [0, 0.05) is 5.69 Å². The Hall–Kier alpha value is -3.23. The number of nitrogens with one attached hydrogen (secondary N) is 2. The molecule has 0 saturated carbocycles. The van der Waals surface area contributed by atoms with Crippen molar-refractivity contribution < 1.29 is 27.8 Å². The van der Waals surface area contributed by atoms with Gasteiger partial charge in [0.15, 0.2) is 0 Å². The van der Waals surface area contributed by atoms with Gasteiger partial charge >= 0.3 is 12.3 Å². The Balaban J connectivity index is 1.82. The average Bonchev–Trinajstić information content (AvgIpc) is 2.88. The zero-order valence-electron chi connectivity index (χ0n) is 12.8. The second-order valence-electron chi connectivity index (χ2n) is 5.27. The van der Waals surface area contributed by atoms with E-state index in [0.29, 0.717) is 28.2 Å². The van der Waals surface area contributed by atoms with Crippen LogP contribution in [0.3, 0.4) is 0 Å². The highest BCUT2D eigenvalue weighted by atomic mass is 19.4. The maximum Gasteiger partial charge on any atom is 0.573 e. The van der Waals surface area contributed by atoms with Gasteiger partial charge in [-0.25, -0.2) is 9.78 Å². The highest BCUT2D eigenvalue weighted by molar-refractivity contribution is 5.94. The summed E-state index contributed by atoms with van der Waals surface area (Å²) in [6.07, 6.45) is -4.74. The van der Waals surface area contributed by atoms with E-state index in [1.54, 1.807) is 13.0 Å². The summed E-state index contributed by atoms with van der Waals surface area (Å²) in [5.74, 6) is -1.04. The highest BCUT2D eigenvalue weighted by Crippen LogP contribution is 2.26. The second kappa shape index (κ2) is 6.00. The van der Waals surface area contributed by atoms with Gasteiger partial charge in [-0.15, -0.1) is 13.2 Å². The fourth-order valence-corrected chi connectivity index (χ4v) is 2.33. The third kappa shape index (κ3) is 3.82. The molecule has 0 radical (unpaired) electrons. The summed E-state index contributed by atoms with van der Waals surface area (Å²) in [7, 11) is 0. The summed E-state index contributed by atoms with van der Waals surface area (Å²) in [6, 6.07) is 8.27. The molecule has 1 heterocycles. The van der Waals surface area contributed by atoms with Gasteiger partial charge in [-0.2, -0.15) is 0 Å². The number of aromatic nitrogens is 2. The number of alkyl halides is 3. The summed E-state index contributed by atoms with van der Waals surface area (Å²) in [6.45, 7) is 1.68. The monoisotopic (exact) mass is 351 g/mol. The first-order chi connectivity index (χ1) is 11.7. The van der Waals surface area contributed by atoms with Crippen LogP contribution in [0.2, 0.25) is 0 Å². The molecule has 0 bridgehead atoms. The first-order valence-electron chi connectivity index (χ1n) is 7.08. The zero-order valence-corrected chi connectivity index (χ0v) is 12.8. The molecule has 0 aliphatic rings. The molecule has 0 atom stereocenters. The first-order valence-corrected chi connectivity index (χ1v) is 7.08. The zero-order chi connectivity index (χ0) is 18.2. The topological polar surface area (TPSA) is 87.2 Å². The Morgan fingerprint density at radius 2 is 1.92 bits per heavy atom.